The Morgan fingerprint density at radius 2 is 1.93 bits per heavy atom. The lowest BCUT2D eigenvalue weighted by molar-refractivity contribution is 0.379. The van der Waals surface area contributed by atoms with E-state index in [9.17, 15) is 18.4 Å². The van der Waals surface area contributed by atoms with Crippen molar-refractivity contribution in [3.8, 4) is 18.0 Å². The van der Waals surface area contributed by atoms with Crippen LogP contribution in [-0.4, -0.2) is 18.1 Å². The molecule has 1 atom stereocenters. The van der Waals surface area contributed by atoms with Gasteiger partial charge in [-0.15, -0.1) is 0 Å². The van der Waals surface area contributed by atoms with Crippen LogP contribution in [-0.2, 0) is 0 Å². The zero-order valence-electron chi connectivity index (χ0n) is 14.1. The van der Waals surface area contributed by atoms with Crippen molar-refractivity contribution in [1.82, 2.24) is 10.3 Å². The summed E-state index contributed by atoms with van der Waals surface area (Å²) in [6.45, 7) is 0. The minimum Gasteiger partial charge on any atom is -0.496 e. The van der Waals surface area contributed by atoms with Gasteiger partial charge in [-0.25, -0.2) is 23.1 Å². The standard InChI is InChI=1S/C16H11F3N8O/c1-28-7-2-6(17)10(18)11(19)8(7)13-9-12(22)5(3-20)14(23)26-15(9)27-16(25-13)24-4-21/h2,13H,1H3,(H6,22,23,24,25,26,27). The van der Waals surface area contributed by atoms with Gasteiger partial charge in [-0.05, 0) is 0 Å². The van der Waals surface area contributed by atoms with E-state index in [1.165, 1.54) is 0 Å². The highest BCUT2D eigenvalue weighted by atomic mass is 19.2. The summed E-state index contributed by atoms with van der Waals surface area (Å²) in [6, 6.07) is 0.998. The highest BCUT2D eigenvalue weighted by molar-refractivity contribution is 5.98. The zero-order chi connectivity index (χ0) is 20.6. The number of hydrogen-bond donors (Lipinski definition) is 4. The number of ether oxygens (including phenoxy) is 1. The van der Waals surface area contributed by atoms with Crippen molar-refractivity contribution in [3.05, 3.63) is 40.2 Å². The van der Waals surface area contributed by atoms with E-state index >= 15 is 0 Å². The second kappa shape index (κ2) is 6.85. The van der Waals surface area contributed by atoms with Crippen molar-refractivity contribution in [2.45, 2.75) is 6.04 Å². The molecule has 0 amide bonds. The Bertz CT molecular complexity index is 1100. The average Bonchev–Trinajstić information content (AvgIpc) is 2.65. The maximum absolute atomic E-state index is 14.7. The van der Waals surface area contributed by atoms with Gasteiger partial charge in [0.25, 0.3) is 0 Å². The molecule has 1 aliphatic rings. The monoisotopic (exact) mass is 388 g/mol. The van der Waals surface area contributed by atoms with Gasteiger partial charge in [0.1, 0.15) is 35.1 Å². The minimum atomic E-state index is -1.75. The number of aliphatic imine (C=N–C) groups is 1. The van der Waals surface area contributed by atoms with Crippen LogP contribution in [0.1, 0.15) is 22.7 Å². The van der Waals surface area contributed by atoms with Crippen molar-refractivity contribution in [3.63, 3.8) is 0 Å². The third-order valence-corrected chi connectivity index (χ3v) is 4.01. The number of anilines is 3. The van der Waals surface area contributed by atoms with Gasteiger partial charge in [0.05, 0.1) is 18.4 Å². The average molecular weight is 388 g/mol. The third kappa shape index (κ3) is 2.73. The predicted molar refractivity (Wildman–Crippen MR) is 92.3 cm³/mol. The van der Waals surface area contributed by atoms with Gasteiger partial charge in [-0.1, -0.05) is 0 Å². The van der Waals surface area contributed by atoms with Crippen LogP contribution in [0.4, 0.5) is 30.5 Å². The van der Waals surface area contributed by atoms with E-state index in [0.717, 1.165) is 7.11 Å². The Kier molecular flexibility index (Phi) is 4.55. The number of nitrogens with zero attached hydrogens (tertiary/aromatic N) is 4. The first-order valence-electron chi connectivity index (χ1n) is 7.54. The fraction of sp³-hybridized carbons (Fsp3) is 0.125. The van der Waals surface area contributed by atoms with E-state index in [4.69, 9.17) is 21.5 Å². The summed E-state index contributed by atoms with van der Waals surface area (Å²) in [7, 11) is 1.13. The Morgan fingerprint density at radius 1 is 1.21 bits per heavy atom. The molecule has 0 fully saturated rings. The van der Waals surface area contributed by atoms with E-state index < -0.39 is 29.1 Å². The number of nitriles is 2. The summed E-state index contributed by atoms with van der Waals surface area (Å²) in [5.41, 5.74) is 10.8. The van der Waals surface area contributed by atoms with Gasteiger partial charge in [0.15, 0.2) is 23.6 Å². The molecule has 142 valence electrons. The Balaban J connectivity index is 2.38. The van der Waals surface area contributed by atoms with Crippen LogP contribution in [0.15, 0.2) is 11.1 Å². The van der Waals surface area contributed by atoms with Gasteiger partial charge in [0.2, 0.25) is 5.96 Å². The van der Waals surface area contributed by atoms with Crippen molar-refractivity contribution in [1.29, 1.82) is 10.5 Å². The maximum Gasteiger partial charge on any atom is 0.211 e. The van der Waals surface area contributed by atoms with Gasteiger partial charge < -0.3 is 21.5 Å². The molecule has 0 saturated carbocycles. The Labute approximate surface area is 156 Å². The van der Waals surface area contributed by atoms with E-state index in [1.54, 1.807) is 12.3 Å². The second-order valence-electron chi connectivity index (χ2n) is 5.50. The fourth-order valence-electron chi connectivity index (χ4n) is 2.80. The number of nitrogens with one attached hydrogen (secondary N) is 2. The molecule has 3 rings (SSSR count). The quantitative estimate of drug-likeness (QED) is 0.342. The summed E-state index contributed by atoms with van der Waals surface area (Å²) in [5, 5.41) is 22.9. The second-order valence-corrected chi connectivity index (χ2v) is 5.50. The summed E-state index contributed by atoms with van der Waals surface area (Å²) in [4.78, 5) is 8.06. The number of benzene rings is 1. The van der Waals surface area contributed by atoms with Gasteiger partial charge >= 0.3 is 0 Å². The number of guanidine groups is 1. The number of aromatic nitrogens is 1. The fourth-order valence-corrected chi connectivity index (χ4v) is 2.80. The molecule has 0 bridgehead atoms. The number of fused-ring (bicyclic) bond motifs is 1. The number of methoxy groups -OCH3 is 1. The number of rotatable bonds is 2. The van der Waals surface area contributed by atoms with Gasteiger partial charge in [-0.3, -0.25) is 5.32 Å². The van der Waals surface area contributed by atoms with Crippen LogP contribution in [0.2, 0.25) is 0 Å². The summed E-state index contributed by atoms with van der Waals surface area (Å²) in [6.07, 6.45) is 1.61. The molecule has 28 heavy (non-hydrogen) atoms. The summed E-state index contributed by atoms with van der Waals surface area (Å²) < 4.78 is 47.2. The van der Waals surface area contributed by atoms with E-state index in [-0.39, 0.29) is 40.2 Å². The maximum atomic E-state index is 14.7. The first-order chi connectivity index (χ1) is 13.3. The molecule has 6 N–H and O–H groups in total. The third-order valence-electron chi connectivity index (χ3n) is 4.01. The predicted octanol–water partition coefficient (Wildman–Crippen LogP) is 1.49. The lowest BCUT2D eigenvalue weighted by atomic mass is 9.93. The van der Waals surface area contributed by atoms with Crippen molar-refractivity contribution in [2.75, 3.05) is 23.9 Å². The zero-order valence-corrected chi connectivity index (χ0v) is 14.1. The molecule has 1 unspecified atom stereocenters. The van der Waals surface area contributed by atoms with Crippen LogP contribution in [0, 0.1) is 40.2 Å². The smallest absolute Gasteiger partial charge is 0.211 e. The molecule has 1 aliphatic heterocycles. The molecule has 1 aromatic heterocycles. The van der Waals surface area contributed by atoms with E-state index in [0.29, 0.717) is 6.07 Å². The van der Waals surface area contributed by atoms with E-state index in [1.807, 2.05) is 0 Å². The molecular formula is C16H11F3N8O. The topological polar surface area (TPSA) is 158 Å². The highest BCUT2D eigenvalue weighted by Crippen LogP contribution is 2.44. The Morgan fingerprint density at radius 3 is 2.54 bits per heavy atom. The molecular weight excluding hydrogens is 377 g/mol. The van der Waals surface area contributed by atoms with Crippen LogP contribution in [0.3, 0.4) is 0 Å². The van der Waals surface area contributed by atoms with Crippen LogP contribution in [0.25, 0.3) is 0 Å². The van der Waals surface area contributed by atoms with Crippen LogP contribution in [0.5, 0.6) is 5.75 Å². The highest BCUT2D eigenvalue weighted by Gasteiger charge is 2.35. The molecule has 0 spiro atoms. The number of pyridine rings is 1. The van der Waals surface area contributed by atoms with Crippen LogP contribution < -0.4 is 26.8 Å². The number of nitrogens with two attached hydrogens (primary N) is 2. The largest absolute Gasteiger partial charge is 0.496 e. The van der Waals surface area contributed by atoms with Crippen molar-refractivity contribution >= 4 is 23.3 Å². The first-order valence-corrected chi connectivity index (χ1v) is 7.54. The minimum absolute atomic E-state index is 0.0163. The number of hydrogen-bond acceptors (Lipinski definition) is 9. The first kappa shape index (κ1) is 18.6. The lowest BCUT2D eigenvalue weighted by Crippen LogP contribution is -2.33. The summed E-state index contributed by atoms with van der Waals surface area (Å²) in [5.74, 6) is -5.58. The van der Waals surface area contributed by atoms with E-state index in [2.05, 4.69) is 20.6 Å². The SMILES string of the molecule is COc1cc(F)c(F)c(F)c1C1N=C(NC#N)Nc2nc(N)c(C#N)c(N)c21. The normalized spacial score (nSPS) is 14.8. The molecule has 2 heterocycles. The lowest BCUT2D eigenvalue weighted by Gasteiger charge is -2.27. The molecule has 0 radical (unpaired) electrons. The number of halogens is 3. The summed E-state index contributed by atoms with van der Waals surface area (Å²) >= 11 is 0. The van der Waals surface area contributed by atoms with Gasteiger partial charge in [-0.2, -0.15) is 10.5 Å². The molecule has 9 nitrogen and oxygen atoms in total. The molecule has 12 heteroatoms. The van der Waals surface area contributed by atoms with Gasteiger partial charge in [0, 0.05) is 11.6 Å². The molecule has 0 saturated heterocycles. The number of nitrogen functional groups attached to an aromatic ring is 2. The molecule has 1 aromatic carbocycles. The van der Waals surface area contributed by atoms with Crippen LogP contribution >= 0.6 is 0 Å². The van der Waals surface area contributed by atoms with Crippen molar-refractivity contribution < 1.29 is 17.9 Å². The molecule has 0 aliphatic carbocycles. The van der Waals surface area contributed by atoms with Crippen molar-refractivity contribution in [2.24, 2.45) is 4.99 Å². The molecule has 2 aromatic rings. The Hall–Kier alpha value is -4.19.